The van der Waals surface area contributed by atoms with Crippen molar-refractivity contribution in [2.75, 3.05) is 5.32 Å². The molecule has 4 rings (SSSR count). The van der Waals surface area contributed by atoms with E-state index in [0.29, 0.717) is 16.2 Å². The highest BCUT2D eigenvalue weighted by Gasteiger charge is 2.24. The molecule has 0 spiro atoms. The van der Waals surface area contributed by atoms with E-state index < -0.39 is 11.6 Å². The van der Waals surface area contributed by atoms with Crippen LogP contribution in [0.1, 0.15) is 37.8 Å². The lowest BCUT2D eigenvalue weighted by Gasteiger charge is -2.22. The number of esters is 1. The molecular weight excluding hydrogens is 446 g/mol. The van der Waals surface area contributed by atoms with Gasteiger partial charge >= 0.3 is 5.97 Å². The monoisotopic (exact) mass is 467 g/mol. The Labute approximate surface area is 183 Å². The highest BCUT2D eigenvalue weighted by Crippen LogP contribution is 2.34. The first kappa shape index (κ1) is 20.3. The molecule has 0 saturated heterocycles. The van der Waals surface area contributed by atoms with Crippen molar-refractivity contribution in [1.29, 1.82) is 0 Å². The zero-order chi connectivity index (χ0) is 21.3. The molecule has 3 aromatic rings. The number of aryl methyl sites for hydroxylation is 2. The van der Waals surface area contributed by atoms with Gasteiger partial charge < -0.3 is 14.5 Å². The molecule has 0 radical (unpaired) electrons. The third kappa shape index (κ3) is 4.46. The third-order valence-electron chi connectivity index (χ3n) is 4.53. The van der Waals surface area contributed by atoms with Gasteiger partial charge in [-0.2, -0.15) is 0 Å². The van der Waals surface area contributed by atoms with Crippen LogP contribution in [0.2, 0.25) is 0 Å². The number of hydrogen-bond donors (Lipinski definition) is 1. The smallest absolute Gasteiger partial charge is 0.355 e. The fraction of sp³-hybridized carbons (Fsp3) is 0.261. The number of nitrogens with one attached hydrogen (secondary N) is 1. The second kappa shape index (κ2) is 8.07. The third-order valence-corrected chi connectivity index (χ3v) is 5.08. The zero-order valence-electron chi connectivity index (χ0n) is 17.0. The number of hydrogen-bond acceptors (Lipinski definition) is 6. The molecule has 2 aromatic heterocycles. The van der Waals surface area contributed by atoms with Gasteiger partial charge in [-0.3, -0.25) is 0 Å². The number of ether oxygens (including phenoxy) is 1. The van der Waals surface area contributed by atoms with Crippen LogP contribution in [0.4, 0.5) is 5.82 Å². The molecule has 7 heteroatoms. The molecule has 6 nitrogen and oxygen atoms in total. The Morgan fingerprint density at radius 1 is 1.17 bits per heavy atom. The predicted molar refractivity (Wildman–Crippen MR) is 119 cm³/mol. The van der Waals surface area contributed by atoms with Gasteiger partial charge in [0.05, 0.1) is 17.7 Å². The number of aromatic nitrogens is 2. The van der Waals surface area contributed by atoms with Gasteiger partial charge in [0, 0.05) is 11.6 Å². The molecule has 1 aliphatic rings. The van der Waals surface area contributed by atoms with E-state index in [0.717, 1.165) is 29.8 Å². The number of fused-ring (bicyclic) bond motifs is 3. The molecule has 0 fully saturated rings. The molecule has 0 unspecified atom stereocenters. The lowest BCUT2D eigenvalue weighted by molar-refractivity contribution is -0.149. The van der Waals surface area contributed by atoms with Gasteiger partial charge in [-0.15, -0.1) is 0 Å². The summed E-state index contributed by atoms with van der Waals surface area (Å²) in [6.07, 6.45) is 4.83. The van der Waals surface area contributed by atoms with E-state index in [9.17, 15) is 4.79 Å². The first-order valence-electron chi connectivity index (χ1n) is 9.70. The average molecular weight is 468 g/mol. The van der Waals surface area contributed by atoms with E-state index in [1.54, 1.807) is 24.5 Å². The minimum absolute atomic E-state index is 0.214. The fourth-order valence-corrected chi connectivity index (χ4v) is 3.63. The Kier molecular flexibility index (Phi) is 5.47. The van der Waals surface area contributed by atoms with Crippen molar-refractivity contribution in [1.82, 2.24) is 9.97 Å². The van der Waals surface area contributed by atoms with Gasteiger partial charge in [-0.05, 0) is 67.2 Å². The van der Waals surface area contributed by atoms with Crippen LogP contribution in [-0.2, 0) is 22.4 Å². The van der Waals surface area contributed by atoms with E-state index in [4.69, 9.17) is 19.1 Å². The zero-order valence-corrected chi connectivity index (χ0v) is 18.6. The number of benzene rings is 1. The predicted octanol–water partition coefficient (Wildman–Crippen LogP) is 5.39. The molecular formula is C23H22BrN3O3. The van der Waals surface area contributed by atoms with E-state index in [2.05, 4.69) is 33.4 Å². The quantitative estimate of drug-likeness (QED) is 0.409. The maximum absolute atomic E-state index is 12.8. The topological polar surface area (TPSA) is 77.2 Å². The van der Waals surface area contributed by atoms with E-state index in [-0.39, 0.29) is 5.70 Å². The van der Waals surface area contributed by atoms with E-state index in [1.807, 2.05) is 32.9 Å². The van der Waals surface area contributed by atoms with E-state index >= 15 is 0 Å². The number of nitrogens with zero attached hydrogens (tertiary/aromatic N) is 2. The van der Waals surface area contributed by atoms with Crippen molar-refractivity contribution >= 4 is 33.8 Å². The van der Waals surface area contributed by atoms with Crippen LogP contribution >= 0.6 is 15.9 Å². The SMILES string of the molecule is CC(C)(C)OC(=O)C(=Cc1ccco1)Nc1nc2c(nc1Br)-c1ccccc1CC2. The Bertz CT molecular complexity index is 1120. The molecule has 0 atom stereocenters. The summed E-state index contributed by atoms with van der Waals surface area (Å²) in [5, 5.41) is 3.09. The van der Waals surface area contributed by atoms with Gasteiger partial charge in [-0.1, -0.05) is 24.3 Å². The maximum atomic E-state index is 12.8. The average Bonchev–Trinajstić information content (AvgIpc) is 3.20. The molecule has 1 aliphatic carbocycles. The van der Waals surface area contributed by atoms with Gasteiger partial charge in [0.15, 0.2) is 5.82 Å². The van der Waals surface area contributed by atoms with Gasteiger partial charge in [0.1, 0.15) is 21.7 Å². The first-order valence-corrected chi connectivity index (χ1v) is 10.5. The van der Waals surface area contributed by atoms with Gasteiger partial charge in [0.2, 0.25) is 0 Å². The molecule has 0 saturated carbocycles. The fourth-order valence-electron chi connectivity index (χ4n) is 3.26. The molecule has 30 heavy (non-hydrogen) atoms. The Morgan fingerprint density at radius 3 is 2.70 bits per heavy atom. The molecule has 0 bridgehead atoms. The van der Waals surface area contributed by atoms with Crippen molar-refractivity contribution in [2.24, 2.45) is 0 Å². The summed E-state index contributed by atoms with van der Waals surface area (Å²) in [4.78, 5) is 22.3. The summed E-state index contributed by atoms with van der Waals surface area (Å²) in [5.41, 5.74) is 3.69. The molecule has 0 aliphatic heterocycles. The summed E-state index contributed by atoms with van der Waals surface area (Å²) in [5.74, 6) is 0.479. The van der Waals surface area contributed by atoms with Crippen LogP contribution in [-0.4, -0.2) is 21.5 Å². The molecule has 2 heterocycles. The van der Waals surface area contributed by atoms with Crippen LogP contribution in [0.3, 0.4) is 0 Å². The maximum Gasteiger partial charge on any atom is 0.355 e. The number of rotatable bonds is 4. The Morgan fingerprint density at radius 2 is 1.97 bits per heavy atom. The lowest BCUT2D eigenvalue weighted by Crippen LogP contribution is -2.27. The van der Waals surface area contributed by atoms with Crippen molar-refractivity contribution < 1.29 is 13.9 Å². The van der Waals surface area contributed by atoms with Crippen LogP contribution in [0, 0.1) is 0 Å². The highest BCUT2D eigenvalue weighted by atomic mass is 79.9. The summed E-state index contributed by atoms with van der Waals surface area (Å²) in [6.45, 7) is 5.46. The van der Waals surface area contributed by atoms with Crippen molar-refractivity contribution in [2.45, 2.75) is 39.2 Å². The molecule has 1 N–H and O–H groups in total. The Hall–Kier alpha value is -2.93. The van der Waals surface area contributed by atoms with Crippen molar-refractivity contribution in [3.05, 3.63) is 70.0 Å². The van der Waals surface area contributed by atoms with Gasteiger partial charge in [0.25, 0.3) is 0 Å². The van der Waals surface area contributed by atoms with Crippen LogP contribution < -0.4 is 5.32 Å². The number of anilines is 1. The van der Waals surface area contributed by atoms with Crippen molar-refractivity contribution in [3.63, 3.8) is 0 Å². The van der Waals surface area contributed by atoms with Crippen LogP contribution in [0.15, 0.2) is 57.4 Å². The summed E-state index contributed by atoms with van der Waals surface area (Å²) >= 11 is 3.51. The number of carbonyl (C=O) groups excluding carboxylic acids is 1. The first-order chi connectivity index (χ1) is 14.3. The van der Waals surface area contributed by atoms with Crippen molar-refractivity contribution in [3.8, 4) is 11.3 Å². The van der Waals surface area contributed by atoms with Crippen LogP contribution in [0.5, 0.6) is 0 Å². The number of furan rings is 1. The molecule has 1 aromatic carbocycles. The minimum atomic E-state index is -0.635. The number of halogens is 1. The second-order valence-electron chi connectivity index (χ2n) is 8.02. The van der Waals surface area contributed by atoms with Gasteiger partial charge in [-0.25, -0.2) is 14.8 Å². The largest absolute Gasteiger partial charge is 0.465 e. The summed E-state index contributed by atoms with van der Waals surface area (Å²) in [7, 11) is 0. The minimum Gasteiger partial charge on any atom is -0.465 e. The normalized spacial score (nSPS) is 13.4. The lowest BCUT2D eigenvalue weighted by atomic mass is 9.92. The van der Waals surface area contributed by atoms with E-state index in [1.165, 1.54) is 5.56 Å². The molecule has 0 amide bonds. The summed E-state index contributed by atoms with van der Waals surface area (Å²) < 4.78 is 11.4. The molecule has 154 valence electrons. The highest BCUT2D eigenvalue weighted by molar-refractivity contribution is 9.10. The standard InChI is InChI=1S/C23H22BrN3O3/c1-23(2,3)30-22(28)18(13-15-8-6-12-29-15)26-21-20(24)27-19-16-9-5-4-7-14(16)10-11-17(19)25-21/h4-9,12-13H,10-11H2,1-3H3,(H,25,26). The summed E-state index contributed by atoms with van der Waals surface area (Å²) in [6, 6.07) is 11.7. The second-order valence-corrected chi connectivity index (χ2v) is 8.77. The van der Waals surface area contributed by atoms with Crippen LogP contribution in [0.25, 0.3) is 17.3 Å². The number of carbonyl (C=O) groups is 1. The Balaban J connectivity index is 1.70.